The van der Waals surface area contributed by atoms with Gasteiger partial charge in [-0.15, -0.1) is 0 Å². The number of piperazine rings is 1. The average molecular weight is 270 g/mol. The maximum absolute atomic E-state index is 14.1. The van der Waals surface area contributed by atoms with Crippen molar-refractivity contribution in [2.24, 2.45) is 0 Å². The molecule has 0 spiro atoms. The normalized spacial score (nSPS) is 17.2. The molecule has 5 heteroatoms. The fourth-order valence-electron chi connectivity index (χ4n) is 2.17. The van der Waals surface area contributed by atoms with E-state index >= 15 is 0 Å². The minimum atomic E-state index is -0.281. The third-order valence-corrected chi connectivity index (χ3v) is 4.11. The highest BCUT2D eigenvalue weighted by Gasteiger charge is 2.20. The van der Waals surface area contributed by atoms with Gasteiger partial charge in [0.25, 0.3) is 0 Å². The van der Waals surface area contributed by atoms with Crippen LogP contribution < -0.4 is 4.90 Å². The van der Waals surface area contributed by atoms with E-state index in [0.717, 1.165) is 31.9 Å². The molecule has 1 saturated heterocycles. The highest BCUT2D eigenvalue weighted by Crippen LogP contribution is 2.24. The summed E-state index contributed by atoms with van der Waals surface area (Å²) in [7, 11) is 0. The van der Waals surface area contributed by atoms with Gasteiger partial charge < -0.3 is 10.0 Å². The number of hydrogen-bond acceptors (Lipinski definition) is 4. The molecule has 1 N–H and O–H groups in total. The predicted octanol–water partition coefficient (Wildman–Crippen LogP) is 2.11. The summed E-state index contributed by atoms with van der Waals surface area (Å²) in [5, 5.41) is 9.08. The van der Waals surface area contributed by atoms with E-state index in [1.807, 2.05) is 11.9 Å². The van der Waals surface area contributed by atoms with Crippen LogP contribution in [0.25, 0.3) is 0 Å². The van der Waals surface area contributed by atoms with Gasteiger partial charge in [0.2, 0.25) is 0 Å². The van der Waals surface area contributed by atoms with Crippen LogP contribution in [0.3, 0.4) is 0 Å². The Bertz CT molecular complexity index is 395. The molecule has 0 bridgehead atoms. The van der Waals surface area contributed by atoms with Crippen molar-refractivity contribution in [1.82, 2.24) is 4.31 Å². The third-order valence-electron chi connectivity index (χ3n) is 3.12. The molecule has 1 aromatic carbocycles. The Morgan fingerprint density at radius 2 is 2.00 bits per heavy atom. The van der Waals surface area contributed by atoms with Crippen LogP contribution in [0, 0.1) is 5.82 Å². The second-order valence-electron chi connectivity index (χ2n) is 4.24. The molecule has 1 aliphatic heterocycles. The van der Waals surface area contributed by atoms with Gasteiger partial charge in [-0.05, 0) is 6.07 Å². The van der Waals surface area contributed by atoms with Gasteiger partial charge in [-0.25, -0.2) is 8.70 Å². The highest BCUT2D eigenvalue weighted by molar-refractivity contribution is 7.96. The van der Waals surface area contributed by atoms with Gasteiger partial charge in [-0.2, -0.15) is 0 Å². The van der Waals surface area contributed by atoms with E-state index in [1.54, 1.807) is 18.2 Å². The summed E-state index contributed by atoms with van der Waals surface area (Å²) in [5.74, 6) is 0.797. The first-order valence-corrected chi connectivity index (χ1v) is 7.21. The number of nitrogens with zero attached hydrogens (tertiary/aromatic N) is 2. The number of benzene rings is 1. The van der Waals surface area contributed by atoms with Crippen molar-refractivity contribution in [3.05, 3.63) is 29.6 Å². The van der Waals surface area contributed by atoms with Crippen molar-refractivity contribution >= 4 is 17.6 Å². The minimum absolute atomic E-state index is 0.245. The fraction of sp³-hybridized carbons (Fsp3) is 0.538. The van der Waals surface area contributed by atoms with E-state index in [2.05, 4.69) is 16.1 Å². The zero-order valence-electron chi connectivity index (χ0n) is 10.6. The topological polar surface area (TPSA) is 26.7 Å². The number of halogens is 1. The Labute approximate surface area is 112 Å². The van der Waals surface area contributed by atoms with Gasteiger partial charge >= 0.3 is 0 Å². The van der Waals surface area contributed by atoms with E-state index in [0.29, 0.717) is 11.3 Å². The molecule has 1 heterocycles. The molecule has 1 aromatic rings. The highest BCUT2D eigenvalue weighted by atomic mass is 32.2. The summed E-state index contributed by atoms with van der Waals surface area (Å²) in [4.78, 5) is 2.06. The Morgan fingerprint density at radius 3 is 2.61 bits per heavy atom. The van der Waals surface area contributed by atoms with Gasteiger partial charge in [0.15, 0.2) is 5.82 Å². The lowest BCUT2D eigenvalue weighted by molar-refractivity contribution is 0.275. The monoisotopic (exact) mass is 270 g/mol. The summed E-state index contributed by atoms with van der Waals surface area (Å²) in [6.07, 6.45) is 0. The largest absolute Gasteiger partial charge is 0.392 e. The lowest BCUT2D eigenvalue weighted by atomic mass is 10.1. The zero-order chi connectivity index (χ0) is 13.0. The molecule has 0 aromatic heterocycles. The Kier molecular flexibility index (Phi) is 4.86. The first-order valence-electron chi connectivity index (χ1n) is 6.27. The summed E-state index contributed by atoms with van der Waals surface area (Å²) in [6, 6.07) is 5.22. The molecule has 18 heavy (non-hydrogen) atoms. The summed E-state index contributed by atoms with van der Waals surface area (Å²) in [6.45, 7) is 5.45. The van der Waals surface area contributed by atoms with Crippen LogP contribution in [0.2, 0.25) is 0 Å². The SMILES string of the molecule is CCSN1CCN(c2cccc(CO)c2F)CC1. The number of rotatable bonds is 4. The van der Waals surface area contributed by atoms with Crippen LogP contribution in [-0.4, -0.2) is 41.3 Å². The van der Waals surface area contributed by atoms with Gasteiger partial charge in [0.1, 0.15) is 0 Å². The van der Waals surface area contributed by atoms with Crippen LogP contribution in [-0.2, 0) is 6.61 Å². The van der Waals surface area contributed by atoms with Crippen molar-refractivity contribution < 1.29 is 9.50 Å². The third kappa shape index (κ3) is 2.96. The molecule has 3 nitrogen and oxygen atoms in total. The van der Waals surface area contributed by atoms with E-state index < -0.39 is 0 Å². The Hall–Kier alpha value is -0.780. The van der Waals surface area contributed by atoms with Crippen molar-refractivity contribution in [2.45, 2.75) is 13.5 Å². The molecule has 2 rings (SSSR count). The Balaban J connectivity index is 2.05. The van der Waals surface area contributed by atoms with Crippen molar-refractivity contribution in [2.75, 3.05) is 36.8 Å². The lowest BCUT2D eigenvalue weighted by Gasteiger charge is -2.35. The molecule has 0 atom stereocenters. The first-order chi connectivity index (χ1) is 8.76. The van der Waals surface area contributed by atoms with Crippen LogP contribution in [0.15, 0.2) is 18.2 Å². The second kappa shape index (κ2) is 6.41. The van der Waals surface area contributed by atoms with Crippen LogP contribution in [0.4, 0.5) is 10.1 Å². The molecule has 100 valence electrons. The summed E-state index contributed by atoms with van der Waals surface area (Å²) >= 11 is 1.83. The van der Waals surface area contributed by atoms with Crippen LogP contribution in [0.5, 0.6) is 0 Å². The quantitative estimate of drug-likeness (QED) is 0.848. The molecule has 1 aliphatic rings. The van der Waals surface area contributed by atoms with E-state index in [4.69, 9.17) is 5.11 Å². The van der Waals surface area contributed by atoms with Gasteiger partial charge in [-0.3, -0.25) is 0 Å². The maximum Gasteiger partial charge on any atom is 0.151 e. The number of aliphatic hydroxyl groups excluding tert-OH is 1. The number of hydrogen-bond donors (Lipinski definition) is 1. The van der Waals surface area contributed by atoms with Gasteiger partial charge in [-0.1, -0.05) is 31.0 Å². The predicted molar refractivity (Wildman–Crippen MR) is 74.2 cm³/mol. The molecular weight excluding hydrogens is 251 g/mol. The van der Waals surface area contributed by atoms with E-state index in [-0.39, 0.29) is 12.4 Å². The van der Waals surface area contributed by atoms with Crippen molar-refractivity contribution in [1.29, 1.82) is 0 Å². The van der Waals surface area contributed by atoms with Crippen LogP contribution in [0.1, 0.15) is 12.5 Å². The summed E-state index contributed by atoms with van der Waals surface area (Å²) < 4.78 is 16.4. The molecule has 0 radical (unpaired) electrons. The second-order valence-corrected chi connectivity index (χ2v) is 5.59. The zero-order valence-corrected chi connectivity index (χ0v) is 11.4. The van der Waals surface area contributed by atoms with E-state index in [1.165, 1.54) is 0 Å². The van der Waals surface area contributed by atoms with Crippen molar-refractivity contribution in [3.8, 4) is 0 Å². The van der Waals surface area contributed by atoms with Crippen LogP contribution >= 0.6 is 11.9 Å². The molecule has 0 unspecified atom stereocenters. The number of aliphatic hydroxyl groups is 1. The molecule has 1 fully saturated rings. The van der Waals surface area contributed by atoms with Crippen molar-refractivity contribution in [3.63, 3.8) is 0 Å². The average Bonchev–Trinajstić information content (AvgIpc) is 2.41. The number of anilines is 1. The molecule has 0 saturated carbocycles. The first kappa shape index (κ1) is 13.6. The lowest BCUT2D eigenvalue weighted by Crippen LogP contribution is -2.44. The molecular formula is C13H19FN2OS. The Morgan fingerprint density at radius 1 is 1.28 bits per heavy atom. The molecule has 0 aliphatic carbocycles. The standard InChI is InChI=1S/C13H19FN2OS/c1-2-18-16-8-6-15(7-9-16)12-5-3-4-11(10-17)13(12)14/h3-5,17H,2,6-10H2,1H3. The van der Waals surface area contributed by atoms with Gasteiger partial charge in [0.05, 0.1) is 12.3 Å². The maximum atomic E-state index is 14.1. The van der Waals surface area contributed by atoms with E-state index in [9.17, 15) is 4.39 Å². The fourth-order valence-corrected chi connectivity index (χ4v) is 2.96. The van der Waals surface area contributed by atoms with Gasteiger partial charge in [0, 0.05) is 37.5 Å². The smallest absolute Gasteiger partial charge is 0.151 e. The molecule has 0 amide bonds. The minimum Gasteiger partial charge on any atom is -0.392 e. The summed E-state index contributed by atoms with van der Waals surface area (Å²) in [5.41, 5.74) is 0.987.